The summed E-state index contributed by atoms with van der Waals surface area (Å²) in [4.78, 5) is 0. The van der Waals surface area contributed by atoms with Crippen LogP contribution in [0.1, 0.15) is 36.5 Å². The Hall–Kier alpha value is -0.880. The van der Waals surface area contributed by atoms with Crippen LogP contribution in [0.3, 0.4) is 0 Å². The average molecular weight is 609 g/mol. The Morgan fingerprint density at radius 3 is 1.50 bits per heavy atom. The first-order valence-corrected chi connectivity index (χ1v) is 16.5. The highest BCUT2D eigenvalue weighted by atomic mass is 32.2. The molecule has 36 heavy (non-hydrogen) atoms. The first kappa shape index (κ1) is 33.1. The molecule has 0 amide bonds. The number of halogens is 6. The lowest BCUT2D eigenvalue weighted by atomic mass is 10.1. The molecule has 0 bridgehead atoms. The fourth-order valence-corrected chi connectivity index (χ4v) is 9.46. The maximum atomic E-state index is 10.7. The van der Waals surface area contributed by atoms with Gasteiger partial charge in [0.1, 0.15) is 28.8 Å². The van der Waals surface area contributed by atoms with E-state index in [1.807, 2.05) is 0 Å². The Kier molecular flexibility index (Phi) is 12.7. The summed E-state index contributed by atoms with van der Waals surface area (Å²) in [5.41, 5.74) is -9.71. The zero-order valence-electron chi connectivity index (χ0n) is 19.0. The molecule has 3 rings (SSSR count). The molecule has 1 unspecified atom stereocenters. The summed E-state index contributed by atoms with van der Waals surface area (Å²) in [6.07, 6.45) is 5.88. The largest absolute Gasteiger partial charge is 0.741 e. The van der Waals surface area contributed by atoms with Gasteiger partial charge in [0.05, 0.1) is 7.11 Å². The van der Waals surface area contributed by atoms with Crippen molar-refractivity contribution in [3.05, 3.63) is 29.8 Å². The molecule has 0 spiro atoms. The van der Waals surface area contributed by atoms with Gasteiger partial charge >= 0.3 is 11.0 Å². The van der Waals surface area contributed by atoms with E-state index in [9.17, 15) is 26.3 Å². The molecule has 1 atom stereocenters. The van der Waals surface area contributed by atoms with Crippen LogP contribution >= 0.6 is 0 Å². The summed E-state index contributed by atoms with van der Waals surface area (Å²) in [6.45, 7) is 0. The van der Waals surface area contributed by atoms with Crippen molar-refractivity contribution in [3.8, 4) is 5.75 Å². The zero-order chi connectivity index (χ0) is 27.8. The van der Waals surface area contributed by atoms with Gasteiger partial charge in [0, 0.05) is 5.56 Å². The lowest BCUT2D eigenvalue weighted by Gasteiger charge is -2.16. The number of alkyl halides is 6. The van der Waals surface area contributed by atoms with Gasteiger partial charge in [-0.1, -0.05) is 12.1 Å². The van der Waals surface area contributed by atoms with E-state index in [4.69, 9.17) is 30.7 Å². The first-order valence-electron chi connectivity index (χ1n) is 10.4. The highest BCUT2D eigenvalue weighted by molar-refractivity contribution is 8.00. The monoisotopic (exact) mass is 608 g/mol. The predicted molar refractivity (Wildman–Crippen MR) is 125 cm³/mol. The molecule has 17 heteroatoms. The van der Waals surface area contributed by atoms with E-state index < -0.39 is 31.3 Å². The maximum Gasteiger partial charge on any atom is 0.485 e. The molecule has 2 aliphatic rings. The van der Waals surface area contributed by atoms with Gasteiger partial charge in [0.2, 0.25) is 0 Å². The van der Waals surface area contributed by atoms with Crippen LogP contribution in [0.4, 0.5) is 26.3 Å². The van der Waals surface area contributed by atoms with E-state index in [-0.39, 0.29) is 0 Å². The molecule has 2 saturated heterocycles. The predicted octanol–water partition coefficient (Wildman–Crippen LogP) is 3.66. The summed E-state index contributed by atoms with van der Waals surface area (Å²) in [5.74, 6) is 8.43. The Morgan fingerprint density at radius 1 is 0.806 bits per heavy atom. The molecule has 0 N–H and O–H groups in total. The van der Waals surface area contributed by atoms with E-state index in [2.05, 4.69) is 24.3 Å². The fraction of sp³-hybridized carbons (Fsp3) is 0.684. The van der Waals surface area contributed by atoms with E-state index in [1.165, 1.54) is 54.4 Å². The van der Waals surface area contributed by atoms with Crippen LogP contribution in [0, 0.1) is 0 Å². The highest BCUT2D eigenvalue weighted by Gasteiger charge is 2.41. The quantitative estimate of drug-likeness (QED) is 0.216. The normalized spacial score (nSPS) is 18.6. The molecule has 0 aliphatic carbocycles. The molecule has 0 aromatic heterocycles. The third-order valence-electron chi connectivity index (χ3n) is 5.02. The van der Waals surface area contributed by atoms with Gasteiger partial charge in [0.15, 0.2) is 31.2 Å². The smallest absolute Gasteiger partial charge is 0.485 e. The van der Waals surface area contributed by atoms with Crippen LogP contribution in [0.25, 0.3) is 0 Å². The van der Waals surface area contributed by atoms with Crippen LogP contribution < -0.4 is 4.74 Å². The second-order valence-corrected chi connectivity index (χ2v) is 15.2. The summed E-state index contributed by atoms with van der Waals surface area (Å²) in [5, 5.41) is 0.838. The summed E-state index contributed by atoms with van der Waals surface area (Å²) in [7, 11) is -9.07. The fourth-order valence-electron chi connectivity index (χ4n) is 3.26. The molecule has 1 aromatic carbocycles. The highest BCUT2D eigenvalue weighted by Crippen LogP contribution is 2.34. The van der Waals surface area contributed by atoms with Crippen molar-refractivity contribution in [1.29, 1.82) is 0 Å². The van der Waals surface area contributed by atoms with Gasteiger partial charge in [0.25, 0.3) is 0 Å². The van der Waals surface area contributed by atoms with Crippen LogP contribution in [-0.2, 0) is 42.0 Å². The number of methoxy groups -OCH3 is 1. The van der Waals surface area contributed by atoms with Gasteiger partial charge < -0.3 is 13.8 Å². The van der Waals surface area contributed by atoms with Crippen molar-refractivity contribution in [2.45, 2.75) is 41.9 Å². The van der Waals surface area contributed by atoms with E-state index in [0.29, 0.717) is 21.8 Å². The lowest BCUT2D eigenvalue weighted by Crippen LogP contribution is -2.25. The van der Waals surface area contributed by atoms with Crippen molar-refractivity contribution < 1.29 is 57.0 Å². The second kappa shape index (κ2) is 13.8. The van der Waals surface area contributed by atoms with Crippen LogP contribution in [0.2, 0.25) is 0 Å². The van der Waals surface area contributed by atoms with Crippen molar-refractivity contribution in [1.82, 2.24) is 0 Å². The summed E-state index contributed by atoms with van der Waals surface area (Å²) < 4.78 is 123. The molecule has 1 aromatic rings. The van der Waals surface area contributed by atoms with Crippen molar-refractivity contribution >= 4 is 42.0 Å². The molecule has 7 nitrogen and oxygen atoms in total. The molecular weight excluding hydrogens is 582 g/mol. The first-order chi connectivity index (χ1) is 16.4. The van der Waals surface area contributed by atoms with Crippen LogP contribution in [0.5, 0.6) is 5.75 Å². The minimum Gasteiger partial charge on any atom is -0.741 e. The molecule has 2 fully saturated rings. The van der Waals surface area contributed by atoms with Crippen molar-refractivity contribution in [2.75, 3.05) is 35.9 Å². The Labute approximate surface area is 212 Å². The summed E-state index contributed by atoms with van der Waals surface area (Å²) in [6, 6.07) is 8.96. The molecule has 210 valence electrons. The van der Waals surface area contributed by atoms with E-state index >= 15 is 0 Å². The number of rotatable bonds is 5. The number of benzene rings is 1. The maximum absolute atomic E-state index is 10.7. The van der Waals surface area contributed by atoms with Crippen molar-refractivity contribution in [3.63, 3.8) is 0 Å². The minimum atomic E-state index is -6.09. The Morgan fingerprint density at radius 2 is 1.17 bits per heavy atom. The van der Waals surface area contributed by atoms with Crippen molar-refractivity contribution in [2.24, 2.45) is 0 Å². The lowest BCUT2D eigenvalue weighted by molar-refractivity contribution is -0.0522. The number of hydrogen-bond acceptors (Lipinski definition) is 7. The van der Waals surface area contributed by atoms with Gasteiger partial charge in [-0.2, -0.15) is 26.3 Å². The number of hydrogen-bond donors (Lipinski definition) is 0. The van der Waals surface area contributed by atoms with Gasteiger partial charge in [-0.3, -0.25) is 0 Å². The zero-order valence-corrected chi connectivity index (χ0v) is 22.3. The van der Waals surface area contributed by atoms with Crippen LogP contribution in [0.15, 0.2) is 24.3 Å². The van der Waals surface area contributed by atoms with E-state index in [1.54, 1.807) is 12.7 Å². The molecule has 2 heterocycles. The standard InChI is InChI=1S/C17H26OS2.2CHF3O3S/c1-18-16-8-6-15(7-9-16)17(20-12-4-5-13-20)14-19-10-2-3-11-19;2*2-1(3,4)8(5,6)7/h6-9,17H,2-5,10-14H2,1H3;2*(H,5,6,7)/q+2;;/p-2. The average Bonchev–Trinajstić information content (AvgIpc) is 3.44. The Balaban J connectivity index is 0.000000337. The van der Waals surface area contributed by atoms with E-state index in [0.717, 1.165) is 11.0 Å². The molecule has 2 aliphatic heterocycles. The molecule has 0 saturated carbocycles. The second-order valence-electron chi connectivity index (χ2n) is 7.61. The molecular formula is C19H26F6O7S4. The molecule has 0 radical (unpaired) electrons. The summed E-state index contributed by atoms with van der Waals surface area (Å²) >= 11 is 0. The van der Waals surface area contributed by atoms with Crippen LogP contribution in [-0.4, -0.2) is 72.8 Å². The third kappa shape index (κ3) is 11.2. The topological polar surface area (TPSA) is 124 Å². The number of ether oxygens (including phenoxy) is 1. The van der Waals surface area contributed by atoms with Gasteiger partial charge in [-0.15, -0.1) is 0 Å². The third-order valence-corrected chi connectivity index (χ3v) is 11.8. The minimum absolute atomic E-state index is 0.645. The Bertz CT molecular complexity index is 958. The van der Waals surface area contributed by atoms with Gasteiger partial charge in [-0.05, 0) is 59.6 Å². The SMILES string of the molecule is COc1ccc(C(C[S+]2CCCC2)[S+]2CCCC2)cc1.O=S(=O)([O-])C(F)(F)F.O=S(=O)([O-])C(F)(F)F. The van der Waals surface area contributed by atoms with Gasteiger partial charge in [-0.25, -0.2) is 16.8 Å².